The minimum Gasteiger partial charge on any atom is -0.421 e. The lowest BCUT2D eigenvalue weighted by Gasteiger charge is -2.11. The van der Waals surface area contributed by atoms with Gasteiger partial charge in [-0.15, -0.1) is 12.4 Å². The van der Waals surface area contributed by atoms with E-state index in [0.29, 0.717) is 22.7 Å². The molecule has 4 rings (SSSR count). The summed E-state index contributed by atoms with van der Waals surface area (Å²) in [5.74, 6) is 0. The highest BCUT2D eigenvalue weighted by Gasteiger charge is 2.31. The van der Waals surface area contributed by atoms with Gasteiger partial charge in [0.05, 0.1) is 10.5 Å². The molecule has 4 aromatic rings. The SMILES string of the molecule is Cl.Nc1ccc(-c2cccc3cc(NS(=O)(=O)c4cccc(C(F)(F)F)c4)c(=O)oc23)cc1. The number of para-hydroxylation sites is 1. The highest BCUT2D eigenvalue weighted by atomic mass is 35.5. The first kappa shape index (κ1) is 24.1. The number of halogens is 4. The van der Waals surface area contributed by atoms with E-state index in [9.17, 15) is 26.4 Å². The van der Waals surface area contributed by atoms with Crippen LogP contribution in [0.4, 0.5) is 24.5 Å². The van der Waals surface area contributed by atoms with Gasteiger partial charge in [0.1, 0.15) is 11.3 Å². The van der Waals surface area contributed by atoms with Gasteiger partial charge in [-0.2, -0.15) is 13.2 Å². The first-order valence-electron chi connectivity index (χ1n) is 9.17. The number of hydrogen-bond acceptors (Lipinski definition) is 5. The van der Waals surface area contributed by atoms with Gasteiger partial charge in [0.15, 0.2) is 0 Å². The number of sulfonamides is 1. The number of benzene rings is 3. The van der Waals surface area contributed by atoms with Crippen molar-refractivity contribution >= 4 is 44.8 Å². The number of nitrogen functional groups attached to an aromatic ring is 1. The monoisotopic (exact) mass is 496 g/mol. The van der Waals surface area contributed by atoms with Crippen LogP contribution in [0.3, 0.4) is 0 Å². The lowest BCUT2D eigenvalue weighted by Crippen LogP contribution is -2.19. The van der Waals surface area contributed by atoms with Crippen molar-refractivity contribution in [2.24, 2.45) is 0 Å². The third kappa shape index (κ3) is 4.96. The van der Waals surface area contributed by atoms with Crippen LogP contribution in [0.1, 0.15) is 5.56 Å². The molecule has 0 unspecified atom stereocenters. The van der Waals surface area contributed by atoms with Gasteiger partial charge in [0.2, 0.25) is 0 Å². The van der Waals surface area contributed by atoms with E-state index in [1.165, 1.54) is 6.07 Å². The van der Waals surface area contributed by atoms with E-state index in [4.69, 9.17) is 10.2 Å². The molecule has 1 aromatic heterocycles. The van der Waals surface area contributed by atoms with E-state index in [0.717, 1.165) is 23.8 Å². The Morgan fingerprint density at radius 1 is 0.909 bits per heavy atom. The van der Waals surface area contributed by atoms with Crippen molar-refractivity contribution in [2.45, 2.75) is 11.1 Å². The number of fused-ring (bicyclic) bond motifs is 1. The second-order valence-electron chi connectivity index (χ2n) is 6.92. The number of anilines is 2. The van der Waals surface area contributed by atoms with Gasteiger partial charge >= 0.3 is 11.8 Å². The van der Waals surface area contributed by atoms with Gasteiger partial charge in [-0.05, 0) is 42.0 Å². The summed E-state index contributed by atoms with van der Waals surface area (Å²) < 4.78 is 71.4. The molecule has 11 heteroatoms. The summed E-state index contributed by atoms with van der Waals surface area (Å²) in [6.07, 6.45) is -4.72. The maximum Gasteiger partial charge on any atom is 0.416 e. The molecule has 172 valence electrons. The molecule has 0 aliphatic heterocycles. The molecule has 0 aliphatic rings. The Labute approximate surface area is 192 Å². The Balaban J connectivity index is 0.00000306. The first-order chi connectivity index (χ1) is 15.0. The van der Waals surface area contributed by atoms with Gasteiger partial charge < -0.3 is 10.2 Å². The van der Waals surface area contributed by atoms with E-state index in [-0.39, 0.29) is 18.0 Å². The van der Waals surface area contributed by atoms with Crippen molar-refractivity contribution in [2.75, 3.05) is 10.5 Å². The Bertz CT molecular complexity index is 1480. The van der Waals surface area contributed by atoms with E-state index >= 15 is 0 Å². The molecule has 0 saturated carbocycles. The first-order valence-corrected chi connectivity index (χ1v) is 10.7. The molecule has 0 amide bonds. The minimum atomic E-state index is -4.72. The van der Waals surface area contributed by atoms with Crippen molar-refractivity contribution in [1.82, 2.24) is 0 Å². The van der Waals surface area contributed by atoms with E-state index in [1.54, 1.807) is 42.5 Å². The largest absolute Gasteiger partial charge is 0.421 e. The Morgan fingerprint density at radius 3 is 2.24 bits per heavy atom. The molecular formula is C22H16ClF3N2O4S. The Kier molecular flexibility index (Phi) is 6.44. The van der Waals surface area contributed by atoms with Crippen LogP contribution in [0.25, 0.3) is 22.1 Å². The number of rotatable bonds is 4. The maximum atomic E-state index is 12.9. The zero-order chi connectivity index (χ0) is 23.1. The molecular weight excluding hydrogens is 481 g/mol. The molecule has 0 saturated heterocycles. The van der Waals surface area contributed by atoms with Crippen molar-refractivity contribution in [3.8, 4) is 11.1 Å². The van der Waals surface area contributed by atoms with Gasteiger partial charge in [-0.25, -0.2) is 13.2 Å². The van der Waals surface area contributed by atoms with E-state index in [2.05, 4.69) is 0 Å². The van der Waals surface area contributed by atoms with Crippen LogP contribution < -0.4 is 16.1 Å². The average molecular weight is 497 g/mol. The lowest BCUT2D eigenvalue weighted by molar-refractivity contribution is -0.137. The fourth-order valence-electron chi connectivity index (χ4n) is 3.15. The number of nitrogens with one attached hydrogen (secondary N) is 1. The number of alkyl halides is 3. The van der Waals surface area contributed by atoms with Gasteiger partial charge in [0, 0.05) is 16.6 Å². The van der Waals surface area contributed by atoms with Crippen LogP contribution in [0, 0.1) is 0 Å². The van der Waals surface area contributed by atoms with E-state index in [1.807, 2.05) is 4.72 Å². The van der Waals surface area contributed by atoms with Crippen molar-refractivity contribution in [3.63, 3.8) is 0 Å². The average Bonchev–Trinajstić information content (AvgIpc) is 2.74. The van der Waals surface area contributed by atoms with Gasteiger partial charge in [0.25, 0.3) is 10.0 Å². The van der Waals surface area contributed by atoms with Gasteiger partial charge in [-0.1, -0.05) is 36.4 Å². The summed E-state index contributed by atoms with van der Waals surface area (Å²) in [6, 6.07) is 16.4. The fraction of sp³-hybridized carbons (Fsp3) is 0.0455. The number of hydrogen-bond donors (Lipinski definition) is 2. The molecule has 1 heterocycles. The van der Waals surface area contributed by atoms with Crippen LogP contribution in [-0.4, -0.2) is 8.42 Å². The Morgan fingerprint density at radius 2 is 1.58 bits per heavy atom. The molecule has 33 heavy (non-hydrogen) atoms. The third-order valence-electron chi connectivity index (χ3n) is 4.70. The van der Waals surface area contributed by atoms with Crippen LogP contribution in [0.15, 0.2) is 86.9 Å². The lowest BCUT2D eigenvalue weighted by atomic mass is 10.0. The molecule has 0 spiro atoms. The Hall–Kier alpha value is -3.50. The second-order valence-corrected chi connectivity index (χ2v) is 8.61. The summed E-state index contributed by atoms with van der Waals surface area (Å²) in [5.41, 5.74) is 5.26. The third-order valence-corrected chi connectivity index (χ3v) is 6.06. The zero-order valence-electron chi connectivity index (χ0n) is 16.6. The summed E-state index contributed by atoms with van der Waals surface area (Å²) in [5, 5.41) is 0.417. The molecule has 0 atom stereocenters. The fourth-order valence-corrected chi connectivity index (χ4v) is 4.24. The maximum absolute atomic E-state index is 12.9. The predicted octanol–water partition coefficient (Wildman–Crippen LogP) is 5.28. The van der Waals surface area contributed by atoms with Crippen molar-refractivity contribution in [3.05, 3.63) is 88.8 Å². The molecule has 3 aromatic carbocycles. The highest BCUT2D eigenvalue weighted by Crippen LogP contribution is 2.32. The molecule has 0 radical (unpaired) electrons. The molecule has 0 bridgehead atoms. The summed E-state index contributed by atoms with van der Waals surface area (Å²) in [7, 11) is -4.48. The van der Waals surface area contributed by atoms with Crippen LogP contribution in [0.5, 0.6) is 0 Å². The smallest absolute Gasteiger partial charge is 0.416 e. The second kappa shape index (κ2) is 8.80. The summed E-state index contributed by atoms with van der Waals surface area (Å²) in [4.78, 5) is 11.9. The molecule has 0 fully saturated rings. The highest BCUT2D eigenvalue weighted by molar-refractivity contribution is 7.92. The van der Waals surface area contributed by atoms with Crippen LogP contribution in [-0.2, 0) is 16.2 Å². The normalized spacial score (nSPS) is 11.7. The van der Waals surface area contributed by atoms with Crippen LogP contribution >= 0.6 is 12.4 Å². The molecule has 6 nitrogen and oxygen atoms in total. The zero-order valence-corrected chi connectivity index (χ0v) is 18.2. The quantitative estimate of drug-likeness (QED) is 0.295. The standard InChI is InChI=1S/C22H15F3N2O4S.ClH/c23-22(24,25)15-4-2-5-17(12-15)32(29,30)27-19-11-14-3-1-6-18(20(14)31-21(19)28)13-7-9-16(26)10-8-13;/h1-12,27H,26H2;1H. The van der Waals surface area contributed by atoms with Crippen molar-refractivity contribution < 1.29 is 26.0 Å². The van der Waals surface area contributed by atoms with Crippen LogP contribution in [0.2, 0.25) is 0 Å². The number of nitrogens with two attached hydrogens (primary N) is 1. The minimum absolute atomic E-state index is 0. The molecule has 0 aliphatic carbocycles. The topological polar surface area (TPSA) is 102 Å². The predicted molar refractivity (Wildman–Crippen MR) is 122 cm³/mol. The summed E-state index contributed by atoms with van der Waals surface area (Å²) in [6.45, 7) is 0. The van der Waals surface area contributed by atoms with Crippen molar-refractivity contribution in [1.29, 1.82) is 0 Å². The van der Waals surface area contributed by atoms with Gasteiger partial charge in [-0.3, -0.25) is 4.72 Å². The van der Waals surface area contributed by atoms with E-state index < -0.39 is 38.0 Å². The molecule has 3 N–H and O–H groups in total. The summed E-state index contributed by atoms with van der Waals surface area (Å²) >= 11 is 0.